The average Bonchev–Trinajstić information content (AvgIpc) is 2.46. The van der Waals surface area contributed by atoms with Crippen LogP contribution < -0.4 is 15.1 Å². The maximum Gasteiger partial charge on any atom is 0.231 e. The van der Waals surface area contributed by atoms with Gasteiger partial charge in [-0.05, 0) is 32.6 Å². The van der Waals surface area contributed by atoms with Crippen LogP contribution in [0, 0.1) is 5.92 Å². The maximum atomic E-state index is 9.39. The molecule has 7 heteroatoms. The van der Waals surface area contributed by atoms with Gasteiger partial charge in [-0.15, -0.1) is 0 Å². The Bertz CT molecular complexity index is 459. The minimum absolute atomic E-state index is 0.124. The Hall–Kier alpha value is -1.63. The van der Waals surface area contributed by atoms with Crippen LogP contribution in [0.4, 0.5) is 17.8 Å². The van der Waals surface area contributed by atoms with E-state index >= 15 is 0 Å². The number of hydrogen-bond donors (Lipinski definition) is 2. The van der Waals surface area contributed by atoms with E-state index in [9.17, 15) is 5.11 Å². The van der Waals surface area contributed by atoms with Crippen LogP contribution in [0.5, 0.6) is 0 Å². The molecule has 0 radical (unpaired) electrons. The zero-order valence-corrected chi connectivity index (χ0v) is 13.4. The molecule has 21 heavy (non-hydrogen) atoms. The average molecular weight is 294 g/mol. The molecule has 1 saturated carbocycles. The monoisotopic (exact) mass is 294 g/mol. The van der Waals surface area contributed by atoms with Gasteiger partial charge in [0.15, 0.2) is 0 Å². The molecule has 0 bridgehead atoms. The Morgan fingerprint density at radius 1 is 1.14 bits per heavy atom. The van der Waals surface area contributed by atoms with Crippen molar-refractivity contribution < 1.29 is 5.11 Å². The first-order valence-electron chi connectivity index (χ1n) is 7.65. The minimum Gasteiger partial charge on any atom is -0.393 e. The van der Waals surface area contributed by atoms with Crippen LogP contribution in [-0.4, -0.2) is 59.9 Å². The van der Waals surface area contributed by atoms with Crippen LogP contribution in [0.3, 0.4) is 0 Å². The number of rotatable bonds is 7. The van der Waals surface area contributed by atoms with Gasteiger partial charge in [0, 0.05) is 33.7 Å². The molecule has 1 aliphatic carbocycles. The van der Waals surface area contributed by atoms with Gasteiger partial charge in [-0.1, -0.05) is 0 Å². The maximum absolute atomic E-state index is 9.39. The molecular weight excluding hydrogens is 268 g/mol. The van der Waals surface area contributed by atoms with Crippen LogP contribution >= 0.6 is 0 Å². The molecule has 0 aliphatic heterocycles. The number of aliphatic hydroxyl groups excluding tert-OH is 1. The second-order valence-corrected chi connectivity index (χ2v) is 5.55. The van der Waals surface area contributed by atoms with Crippen molar-refractivity contribution in [2.45, 2.75) is 32.8 Å². The second-order valence-electron chi connectivity index (χ2n) is 5.55. The molecule has 1 aliphatic rings. The van der Waals surface area contributed by atoms with E-state index in [1.165, 1.54) is 0 Å². The van der Waals surface area contributed by atoms with Crippen LogP contribution in [0.1, 0.15) is 26.7 Å². The van der Waals surface area contributed by atoms with Crippen molar-refractivity contribution in [3.8, 4) is 0 Å². The van der Waals surface area contributed by atoms with Crippen molar-refractivity contribution in [2.24, 2.45) is 5.92 Å². The number of aliphatic hydroxyl groups is 1. The van der Waals surface area contributed by atoms with Crippen molar-refractivity contribution in [3.05, 3.63) is 0 Å². The van der Waals surface area contributed by atoms with E-state index in [0.717, 1.165) is 32.5 Å². The van der Waals surface area contributed by atoms with E-state index < -0.39 is 0 Å². The summed E-state index contributed by atoms with van der Waals surface area (Å²) in [7, 11) is 3.80. The predicted octanol–water partition coefficient (Wildman–Crippen LogP) is 0.967. The third kappa shape index (κ3) is 3.72. The van der Waals surface area contributed by atoms with Crippen molar-refractivity contribution in [1.29, 1.82) is 0 Å². The van der Waals surface area contributed by atoms with Crippen LogP contribution in [0.25, 0.3) is 0 Å². The molecule has 0 atom stereocenters. The number of nitrogens with zero attached hydrogens (tertiary/aromatic N) is 5. The van der Waals surface area contributed by atoms with E-state index in [0.29, 0.717) is 23.8 Å². The SMILES string of the molecule is CCN(CC)c1nc(NC)nc(N(C)CC2CC(O)C2)n1. The Kier molecular flexibility index (Phi) is 5.17. The summed E-state index contributed by atoms with van der Waals surface area (Å²) in [5, 5.41) is 12.4. The van der Waals surface area contributed by atoms with Crippen LogP contribution in [0.15, 0.2) is 0 Å². The molecule has 1 fully saturated rings. The van der Waals surface area contributed by atoms with Crippen LogP contribution in [0.2, 0.25) is 0 Å². The fourth-order valence-corrected chi connectivity index (χ4v) is 2.60. The largest absolute Gasteiger partial charge is 0.393 e. The van der Waals surface area contributed by atoms with Gasteiger partial charge in [-0.25, -0.2) is 0 Å². The third-order valence-corrected chi connectivity index (χ3v) is 3.97. The van der Waals surface area contributed by atoms with Crippen molar-refractivity contribution in [1.82, 2.24) is 15.0 Å². The molecule has 0 amide bonds. The lowest BCUT2D eigenvalue weighted by molar-refractivity contribution is 0.0463. The summed E-state index contributed by atoms with van der Waals surface area (Å²) in [6, 6.07) is 0. The fraction of sp³-hybridized carbons (Fsp3) is 0.786. The van der Waals surface area contributed by atoms with E-state index in [1.807, 2.05) is 19.0 Å². The lowest BCUT2D eigenvalue weighted by Crippen LogP contribution is -2.38. The Balaban J connectivity index is 2.15. The van der Waals surface area contributed by atoms with Crippen LogP contribution in [-0.2, 0) is 0 Å². The Labute approximate surface area is 126 Å². The summed E-state index contributed by atoms with van der Waals surface area (Å²) in [5.41, 5.74) is 0. The first kappa shape index (κ1) is 15.8. The highest BCUT2D eigenvalue weighted by Crippen LogP contribution is 2.28. The second kappa shape index (κ2) is 6.89. The first-order chi connectivity index (χ1) is 10.1. The lowest BCUT2D eigenvalue weighted by atomic mass is 9.82. The molecule has 0 saturated heterocycles. The number of hydrogen-bond acceptors (Lipinski definition) is 7. The molecule has 0 aromatic carbocycles. The smallest absolute Gasteiger partial charge is 0.231 e. The highest BCUT2D eigenvalue weighted by atomic mass is 16.3. The molecule has 118 valence electrons. The van der Waals surface area contributed by atoms with Crippen molar-refractivity contribution >= 4 is 17.8 Å². The highest BCUT2D eigenvalue weighted by Gasteiger charge is 2.28. The van der Waals surface area contributed by atoms with Gasteiger partial charge in [0.1, 0.15) is 0 Å². The third-order valence-electron chi connectivity index (χ3n) is 3.97. The van der Waals surface area contributed by atoms with Gasteiger partial charge in [0.25, 0.3) is 0 Å². The lowest BCUT2D eigenvalue weighted by Gasteiger charge is -2.34. The van der Waals surface area contributed by atoms with Gasteiger partial charge < -0.3 is 20.2 Å². The topological polar surface area (TPSA) is 77.4 Å². The van der Waals surface area contributed by atoms with Gasteiger partial charge in [0.05, 0.1) is 6.10 Å². The summed E-state index contributed by atoms with van der Waals surface area (Å²) in [6.45, 7) is 6.77. The molecular formula is C14H26N6O. The summed E-state index contributed by atoms with van der Waals surface area (Å²) < 4.78 is 0. The van der Waals surface area contributed by atoms with Gasteiger partial charge in [-0.2, -0.15) is 15.0 Å². The molecule has 0 unspecified atom stereocenters. The molecule has 1 aromatic heterocycles. The quantitative estimate of drug-likeness (QED) is 0.775. The summed E-state index contributed by atoms with van der Waals surface area (Å²) >= 11 is 0. The fourth-order valence-electron chi connectivity index (χ4n) is 2.60. The van der Waals surface area contributed by atoms with E-state index in [4.69, 9.17) is 0 Å². The molecule has 1 heterocycles. The summed E-state index contributed by atoms with van der Waals surface area (Å²) in [5.74, 6) is 2.49. The summed E-state index contributed by atoms with van der Waals surface area (Å²) in [4.78, 5) is 17.6. The van der Waals surface area contributed by atoms with E-state index in [2.05, 4.69) is 39.0 Å². The molecule has 2 rings (SSSR count). The van der Waals surface area contributed by atoms with Gasteiger partial charge in [0.2, 0.25) is 17.8 Å². The number of nitrogens with one attached hydrogen (secondary N) is 1. The van der Waals surface area contributed by atoms with Crippen molar-refractivity contribution in [2.75, 3.05) is 48.8 Å². The normalized spacial score (nSPS) is 20.8. The highest BCUT2D eigenvalue weighted by molar-refractivity contribution is 5.44. The zero-order valence-electron chi connectivity index (χ0n) is 13.4. The van der Waals surface area contributed by atoms with Gasteiger partial charge in [-0.3, -0.25) is 0 Å². The predicted molar refractivity (Wildman–Crippen MR) is 84.9 cm³/mol. The molecule has 1 aromatic rings. The minimum atomic E-state index is -0.124. The molecule has 0 spiro atoms. The Morgan fingerprint density at radius 2 is 1.76 bits per heavy atom. The first-order valence-corrected chi connectivity index (χ1v) is 7.65. The number of aromatic nitrogens is 3. The molecule has 7 nitrogen and oxygen atoms in total. The summed E-state index contributed by atoms with van der Waals surface area (Å²) in [6.07, 6.45) is 1.62. The zero-order chi connectivity index (χ0) is 15.4. The molecule has 2 N–H and O–H groups in total. The Morgan fingerprint density at radius 3 is 2.29 bits per heavy atom. The van der Waals surface area contributed by atoms with E-state index in [1.54, 1.807) is 0 Å². The standard InChI is InChI=1S/C14H26N6O/c1-5-20(6-2)14-17-12(15-3)16-13(18-14)19(4)9-10-7-11(21)8-10/h10-11,21H,5-9H2,1-4H3,(H,15,16,17,18). The van der Waals surface area contributed by atoms with Crippen molar-refractivity contribution in [3.63, 3.8) is 0 Å². The van der Waals surface area contributed by atoms with Gasteiger partial charge >= 0.3 is 0 Å². The van der Waals surface area contributed by atoms with E-state index in [-0.39, 0.29) is 6.10 Å². The number of anilines is 3.